The first-order valence-corrected chi connectivity index (χ1v) is 10.1. The number of hydrogen-bond donors (Lipinski definition) is 3. The number of aryl methyl sites for hydroxylation is 1. The van der Waals surface area contributed by atoms with Crippen LogP contribution in [0.2, 0.25) is 0 Å². The van der Waals surface area contributed by atoms with E-state index in [1.54, 1.807) is 6.20 Å². The van der Waals surface area contributed by atoms with Gasteiger partial charge in [-0.05, 0) is 31.2 Å². The first kappa shape index (κ1) is 19.9. The minimum atomic E-state index is -3.26. The van der Waals surface area contributed by atoms with E-state index in [9.17, 15) is 8.42 Å². The Morgan fingerprint density at radius 2 is 1.85 bits per heavy atom. The number of nitrogens with zero attached hydrogens (tertiary/aromatic N) is 3. The van der Waals surface area contributed by atoms with Gasteiger partial charge in [-0.3, -0.25) is 4.68 Å². The Labute approximate surface area is 154 Å². The Morgan fingerprint density at radius 3 is 2.42 bits per heavy atom. The Bertz CT molecular complexity index is 827. The minimum Gasteiger partial charge on any atom is -0.357 e. The number of nitrogens with one attached hydrogen (secondary N) is 3. The number of aliphatic imine (C=N–C) groups is 1. The highest BCUT2D eigenvalue weighted by molar-refractivity contribution is 7.88. The zero-order valence-corrected chi connectivity index (χ0v) is 16.2. The Morgan fingerprint density at radius 1 is 1.15 bits per heavy atom. The molecule has 1 heterocycles. The molecule has 0 bridgehead atoms. The molecule has 2 aromatic rings. The zero-order chi connectivity index (χ0) is 19.0. The van der Waals surface area contributed by atoms with Gasteiger partial charge in [-0.1, -0.05) is 24.3 Å². The maximum Gasteiger partial charge on any atom is 0.215 e. The second-order valence-electron chi connectivity index (χ2n) is 5.77. The summed E-state index contributed by atoms with van der Waals surface area (Å²) < 4.78 is 27.3. The Kier molecular flexibility index (Phi) is 7.16. The normalized spacial score (nSPS) is 12.2. The van der Waals surface area contributed by atoms with Crippen LogP contribution in [0.3, 0.4) is 0 Å². The molecule has 0 aliphatic heterocycles. The first-order chi connectivity index (χ1) is 12.4. The molecular formula is C17H26N6O2S. The van der Waals surface area contributed by atoms with Crippen LogP contribution in [0.25, 0.3) is 0 Å². The van der Waals surface area contributed by atoms with E-state index >= 15 is 0 Å². The summed E-state index contributed by atoms with van der Waals surface area (Å²) in [6.45, 7) is 3.90. The van der Waals surface area contributed by atoms with E-state index < -0.39 is 10.0 Å². The molecule has 8 nitrogen and oxygen atoms in total. The number of guanidine groups is 1. The number of sulfonamides is 1. The van der Waals surface area contributed by atoms with Crippen LogP contribution in [0.5, 0.6) is 0 Å². The van der Waals surface area contributed by atoms with Crippen LogP contribution >= 0.6 is 0 Å². The van der Waals surface area contributed by atoms with Crippen molar-refractivity contribution in [1.82, 2.24) is 25.1 Å². The average Bonchev–Trinajstić information content (AvgIpc) is 3.03. The molecule has 0 saturated heterocycles. The molecule has 0 aliphatic carbocycles. The van der Waals surface area contributed by atoms with Crippen molar-refractivity contribution in [3.05, 3.63) is 53.3 Å². The molecule has 0 spiro atoms. The summed E-state index contributed by atoms with van der Waals surface area (Å²) in [4.78, 5) is 4.57. The largest absolute Gasteiger partial charge is 0.357 e. The monoisotopic (exact) mass is 378 g/mol. The lowest BCUT2D eigenvalue weighted by atomic mass is 10.1. The predicted molar refractivity (Wildman–Crippen MR) is 103 cm³/mol. The van der Waals surface area contributed by atoms with Crippen molar-refractivity contribution in [1.29, 1.82) is 0 Å². The summed E-state index contributed by atoms with van der Waals surface area (Å²) in [5.41, 5.74) is 2.81. The molecule has 0 saturated carbocycles. The molecule has 9 heteroatoms. The van der Waals surface area contributed by atoms with Crippen LogP contribution < -0.4 is 15.4 Å². The third kappa shape index (κ3) is 6.16. The summed E-state index contributed by atoms with van der Waals surface area (Å²) in [6.07, 6.45) is 1.76. The molecule has 0 fully saturated rings. The van der Waals surface area contributed by atoms with E-state index in [0.29, 0.717) is 13.1 Å². The van der Waals surface area contributed by atoms with Gasteiger partial charge in [-0.15, -0.1) is 0 Å². The molecule has 0 aliphatic rings. The lowest BCUT2D eigenvalue weighted by Crippen LogP contribution is -2.37. The van der Waals surface area contributed by atoms with E-state index in [0.717, 1.165) is 29.3 Å². The lowest BCUT2D eigenvalue weighted by molar-refractivity contribution is 0.587. The lowest BCUT2D eigenvalue weighted by Gasteiger charge is -2.11. The van der Waals surface area contributed by atoms with Gasteiger partial charge in [0.2, 0.25) is 10.0 Å². The summed E-state index contributed by atoms with van der Waals surface area (Å²) in [5, 5.41) is 10.6. The summed E-state index contributed by atoms with van der Waals surface area (Å²) in [7, 11) is 0.0600. The topological polar surface area (TPSA) is 100 Å². The minimum absolute atomic E-state index is 0.0258. The van der Waals surface area contributed by atoms with Crippen molar-refractivity contribution in [2.75, 3.05) is 13.6 Å². The third-order valence-electron chi connectivity index (χ3n) is 3.81. The predicted octanol–water partition coefficient (Wildman–Crippen LogP) is 0.725. The van der Waals surface area contributed by atoms with Gasteiger partial charge in [0.1, 0.15) is 0 Å². The van der Waals surface area contributed by atoms with Gasteiger partial charge in [0.05, 0.1) is 24.5 Å². The van der Waals surface area contributed by atoms with Gasteiger partial charge in [-0.2, -0.15) is 5.10 Å². The van der Waals surface area contributed by atoms with Crippen LogP contribution in [0, 0.1) is 0 Å². The number of rotatable bonds is 8. The number of hydrogen-bond acceptors (Lipinski definition) is 4. The molecule has 142 valence electrons. The van der Waals surface area contributed by atoms with Crippen LogP contribution in [0.15, 0.2) is 41.5 Å². The number of aromatic nitrogens is 2. The molecule has 3 N–H and O–H groups in total. The van der Waals surface area contributed by atoms with E-state index in [-0.39, 0.29) is 5.75 Å². The fraction of sp³-hybridized carbons (Fsp3) is 0.412. The zero-order valence-electron chi connectivity index (χ0n) is 15.4. The van der Waals surface area contributed by atoms with Crippen LogP contribution in [-0.2, 0) is 35.9 Å². The maximum absolute atomic E-state index is 11.6. The van der Waals surface area contributed by atoms with Crippen molar-refractivity contribution in [3.63, 3.8) is 0 Å². The summed E-state index contributed by atoms with van der Waals surface area (Å²) in [5.74, 6) is 0.692. The van der Waals surface area contributed by atoms with Crippen molar-refractivity contribution < 1.29 is 8.42 Å². The van der Waals surface area contributed by atoms with Gasteiger partial charge in [-0.25, -0.2) is 18.1 Å². The van der Waals surface area contributed by atoms with Crippen LogP contribution in [0.4, 0.5) is 0 Å². The second-order valence-corrected chi connectivity index (χ2v) is 7.70. The fourth-order valence-electron chi connectivity index (χ4n) is 2.29. The van der Waals surface area contributed by atoms with E-state index in [1.807, 2.05) is 49.0 Å². The molecule has 1 aromatic carbocycles. The van der Waals surface area contributed by atoms with Crippen molar-refractivity contribution in [2.45, 2.75) is 25.8 Å². The van der Waals surface area contributed by atoms with Crippen LogP contribution in [-0.4, -0.2) is 37.8 Å². The maximum atomic E-state index is 11.6. The smallest absolute Gasteiger partial charge is 0.215 e. The molecule has 1 aromatic heterocycles. The molecular weight excluding hydrogens is 352 g/mol. The number of benzene rings is 1. The van der Waals surface area contributed by atoms with E-state index in [4.69, 9.17) is 0 Å². The van der Waals surface area contributed by atoms with Gasteiger partial charge in [0, 0.05) is 19.8 Å². The molecule has 0 atom stereocenters. The molecule has 26 heavy (non-hydrogen) atoms. The summed E-state index contributed by atoms with van der Waals surface area (Å²) in [6, 6.07) is 9.38. The van der Waals surface area contributed by atoms with Crippen molar-refractivity contribution in [3.8, 4) is 0 Å². The molecule has 2 rings (SSSR count). The highest BCUT2D eigenvalue weighted by Crippen LogP contribution is 2.08. The SMILES string of the molecule is CCNC(=NCc1ccc(CS(=O)(=O)NC)cc1)NCc1ccnn1C. The Balaban J connectivity index is 1.96. The van der Waals surface area contributed by atoms with E-state index in [1.165, 1.54) is 7.05 Å². The second kappa shape index (κ2) is 9.35. The third-order valence-corrected chi connectivity index (χ3v) is 5.15. The van der Waals surface area contributed by atoms with Crippen molar-refractivity contribution in [2.24, 2.45) is 12.0 Å². The molecule has 0 radical (unpaired) electrons. The average molecular weight is 379 g/mol. The summed E-state index contributed by atoms with van der Waals surface area (Å²) >= 11 is 0. The van der Waals surface area contributed by atoms with Gasteiger partial charge in [0.25, 0.3) is 0 Å². The van der Waals surface area contributed by atoms with Gasteiger partial charge in [0.15, 0.2) is 5.96 Å². The standard InChI is InChI=1S/C17H26N6O2S/c1-4-19-17(21-12-16-9-10-22-23(16)3)20-11-14-5-7-15(8-6-14)13-26(24,25)18-2/h5-10,18H,4,11-13H2,1-3H3,(H2,19,20,21). The molecule has 0 amide bonds. The Hall–Kier alpha value is -2.39. The highest BCUT2D eigenvalue weighted by atomic mass is 32.2. The quantitative estimate of drug-likeness (QED) is 0.464. The van der Waals surface area contributed by atoms with Crippen molar-refractivity contribution >= 4 is 16.0 Å². The van der Waals surface area contributed by atoms with Crippen LogP contribution in [0.1, 0.15) is 23.7 Å². The van der Waals surface area contributed by atoms with Gasteiger partial charge >= 0.3 is 0 Å². The fourth-order valence-corrected chi connectivity index (χ4v) is 3.07. The molecule has 0 unspecified atom stereocenters. The highest BCUT2D eigenvalue weighted by Gasteiger charge is 2.08. The van der Waals surface area contributed by atoms with Gasteiger partial charge < -0.3 is 10.6 Å². The van der Waals surface area contributed by atoms with E-state index in [2.05, 4.69) is 25.4 Å². The first-order valence-electron chi connectivity index (χ1n) is 8.41.